The van der Waals surface area contributed by atoms with Crippen molar-refractivity contribution in [2.75, 3.05) is 19.7 Å². The van der Waals surface area contributed by atoms with Crippen LogP contribution in [0.15, 0.2) is 65.8 Å². The normalized spacial score (nSPS) is 18.8. The van der Waals surface area contributed by atoms with Gasteiger partial charge in [-0.1, -0.05) is 65.8 Å². The third-order valence-corrected chi connectivity index (χ3v) is 5.95. The van der Waals surface area contributed by atoms with Crippen LogP contribution >= 0.6 is 0 Å². The number of piperidine rings is 1. The second kappa shape index (κ2) is 10.3. The summed E-state index contributed by atoms with van der Waals surface area (Å²) >= 11 is 0. The maximum absolute atomic E-state index is 12.9. The summed E-state index contributed by atoms with van der Waals surface area (Å²) in [6.07, 6.45) is 0.913. The Hall–Kier alpha value is -3.35. The molecule has 1 fully saturated rings. The number of likely N-dealkylation sites (tertiary alicyclic amines) is 1. The minimum absolute atomic E-state index is 0.0138. The molecule has 0 spiro atoms. The molecule has 32 heavy (non-hydrogen) atoms. The second-order valence-corrected chi connectivity index (χ2v) is 8.10. The summed E-state index contributed by atoms with van der Waals surface area (Å²) < 4.78 is 5.05. The van der Waals surface area contributed by atoms with E-state index in [9.17, 15) is 9.59 Å². The second-order valence-electron chi connectivity index (χ2n) is 8.10. The van der Waals surface area contributed by atoms with Crippen LogP contribution in [-0.2, 0) is 14.4 Å². The summed E-state index contributed by atoms with van der Waals surface area (Å²) in [7, 11) is 0. The van der Waals surface area contributed by atoms with Gasteiger partial charge in [0.1, 0.15) is 0 Å². The Morgan fingerprint density at radius 3 is 2.22 bits per heavy atom. The van der Waals surface area contributed by atoms with Gasteiger partial charge in [0.25, 0.3) is 5.91 Å². The Morgan fingerprint density at radius 1 is 1.06 bits per heavy atom. The molecule has 0 bridgehead atoms. The van der Waals surface area contributed by atoms with E-state index in [0.29, 0.717) is 39.0 Å². The van der Waals surface area contributed by atoms with Gasteiger partial charge in [-0.3, -0.25) is 4.79 Å². The van der Waals surface area contributed by atoms with Crippen LogP contribution in [0.25, 0.3) is 0 Å². The molecule has 7 nitrogen and oxygen atoms in total. The van der Waals surface area contributed by atoms with Crippen LogP contribution in [0.4, 0.5) is 4.79 Å². The van der Waals surface area contributed by atoms with E-state index in [1.807, 2.05) is 36.4 Å². The van der Waals surface area contributed by atoms with Crippen LogP contribution in [0.2, 0.25) is 0 Å². The zero-order valence-corrected chi connectivity index (χ0v) is 18.3. The van der Waals surface area contributed by atoms with Gasteiger partial charge < -0.3 is 19.8 Å². The number of carbonyl (C=O) groups excluding carboxylic acids is 2. The Balaban J connectivity index is 1.36. The first-order valence-electron chi connectivity index (χ1n) is 11.2. The van der Waals surface area contributed by atoms with Crippen LogP contribution in [0.5, 0.6) is 0 Å². The number of hydrogen-bond acceptors (Lipinski definition) is 5. The molecule has 0 unspecified atom stereocenters. The molecule has 2 aromatic carbocycles. The maximum Gasteiger partial charge on any atom is 0.409 e. The van der Waals surface area contributed by atoms with Crippen molar-refractivity contribution in [2.45, 2.75) is 44.2 Å². The molecule has 4 rings (SSSR count). The van der Waals surface area contributed by atoms with Crippen molar-refractivity contribution in [1.82, 2.24) is 10.2 Å². The van der Waals surface area contributed by atoms with E-state index in [-0.39, 0.29) is 24.0 Å². The Bertz CT molecular complexity index is 901. The van der Waals surface area contributed by atoms with Gasteiger partial charge in [0.15, 0.2) is 0 Å². The van der Waals surface area contributed by atoms with Crippen LogP contribution in [0, 0.1) is 0 Å². The SMILES string of the molecule is CCOC(=O)N1CCC(NC(=O)[C@@H]2CC(C(c3ccccc3)c3ccccc3)=NO2)CC1. The van der Waals surface area contributed by atoms with Gasteiger partial charge in [0, 0.05) is 25.6 Å². The van der Waals surface area contributed by atoms with Gasteiger partial charge >= 0.3 is 6.09 Å². The third-order valence-electron chi connectivity index (χ3n) is 5.95. The molecule has 2 aliphatic rings. The predicted molar refractivity (Wildman–Crippen MR) is 121 cm³/mol. The largest absolute Gasteiger partial charge is 0.450 e. The van der Waals surface area contributed by atoms with E-state index >= 15 is 0 Å². The smallest absolute Gasteiger partial charge is 0.409 e. The molecular weight excluding hydrogens is 406 g/mol. The first-order valence-corrected chi connectivity index (χ1v) is 11.2. The highest BCUT2D eigenvalue weighted by Crippen LogP contribution is 2.31. The van der Waals surface area contributed by atoms with Gasteiger partial charge in [0.2, 0.25) is 6.10 Å². The number of amides is 2. The van der Waals surface area contributed by atoms with Gasteiger partial charge in [0.05, 0.1) is 18.2 Å². The topological polar surface area (TPSA) is 80.2 Å². The van der Waals surface area contributed by atoms with Crippen molar-refractivity contribution in [3.63, 3.8) is 0 Å². The minimum atomic E-state index is -0.636. The van der Waals surface area contributed by atoms with Crippen molar-refractivity contribution in [1.29, 1.82) is 0 Å². The Kier molecular flexibility index (Phi) is 7.04. The first kappa shape index (κ1) is 21.9. The standard InChI is InChI=1S/C25H29N3O4/c1-2-31-25(30)28-15-13-20(14-16-28)26-24(29)22-17-21(27-32-22)23(18-9-5-3-6-10-18)19-11-7-4-8-12-19/h3-12,20,22-23H,2,13-17H2,1H3,(H,26,29)/t22-/m0/s1. The van der Waals surface area contributed by atoms with Gasteiger partial charge in [-0.25, -0.2) is 4.79 Å². The quantitative estimate of drug-likeness (QED) is 0.750. The highest BCUT2D eigenvalue weighted by atomic mass is 16.6. The summed E-state index contributed by atoms with van der Waals surface area (Å²) in [6.45, 7) is 3.30. The maximum atomic E-state index is 12.9. The monoisotopic (exact) mass is 435 g/mol. The van der Waals surface area contributed by atoms with E-state index in [2.05, 4.69) is 34.7 Å². The fourth-order valence-corrected chi connectivity index (χ4v) is 4.29. The fourth-order valence-electron chi connectivity index (χ4n) is 4.29. The number of nitrogens with one attached hydrogen (secondary N) is 1. The lowest BCUT2D eigenvalue weighted by molar-refractivity contribution is -0.132. The molecule has 7 heteroatoms. The number of ether oxygens (including phenoxy) is 1. The van der Waals surface area contributed by atoms with Crippen LogP contribution in [0.1, 0.15) is 43.2 Å². The fraction of sp³-hybridized carbons (Fsp3) is 0.400. The molecule has 2 aromatic rings. The van der Waals surface area contributed by atoms with Crippen LogP contribution in [-0.4, -0.2) is 54.5 Å². The molecule has 0 aromatic heterocycles. The Labute approximate surface area is 188 Å². The van der Waals surface area contributed by atoms with E-state index in [4.69, 9.17) is 9.57 Å². The van der Waals surface area contributed by atoms with Crippen molar-refractivity contribution in [2.24, 2.45) is 5.16 Å². The van der Waals surface area contributed by atoms with Crippen molar-refractivity contribution in [3.05, 3.63) is 71.8 Å². The third kappa shape index (κ3) is 5.10. The number of carbonyl (C=O) groups is 2. The van der Waals surface area contributed by atoms with Crippen molar-refractivity contribution >= 4 is 17.7 Å². The number of nitrogens with zero attached hydrogens (tertiary/aromatic N) is 2. The molecule has 2 aliphatic heterocycles. The molecule has 2 amide bonds. The number of rotatable bonds is 6. The summed E-state index contributed by atoms with van der Waals surface area (Å²) in [4.78, 5) is 32.0. The summed E-state index contributed by atoms with van der Waals surface area (Å²) in [5, 5.41) is 7.40. The molecular formula is C25H29N3O4. The van der Waals surface area contributed by atoms with Crippen molar-refractivity contribution < 1.29 is 19.2 Å². The molecule has 1 saturated heterocycles. The zero-order chi connectivity index (χ0) is 22.3. The zero-order valence-electron chi connectivity index (χ0n) is 18.3. The number of oxime groups is 1. The lowest BCUT2D eigenvalue weighted by Crippen LogP contribution is -2.49. The van der Waals surface area contributed by atoms with Crippen LogP contribution in [0.3, 0.4) is 0 Å². The molecule has 1 atom stereocenters. The van der Waals surface area contributed by atoms with Crippen molar-refractivity contribution in [3.8, 4) is 0 Å². The summed E-state index contributed by atoms with van der Waals surface area (Å²) in [5.74, 6) is -0.207. The molecule has 0 saturated carbocycles. The van der Waals surface area contributed by atoms with Gasteiger partial charge in [-0.05, 0) is 30.9 Å². The molecule has 168 valence electrons. The number of benzene rings is 2. The van der Waals surface area contributed by atoms with E-state index in [1.165, 1.54) is 0 Å². The van der Waals surface area contributed by atoms with Gasteiger partial charge in [-0.2, -0.15) is 0 Å². The van der Waals surface area contributed by atoms with E-state index < -0.39 is 6.10 Å². The van der Waals surface area contributed by atoms with E-state index in [1.54, 1.807) is 11.8 Å². The highest BCUT2D eigenvalue weighted by molar-refractivity contribution is 5.98. The van der Waals surface area contributed by atoms with E-state index in [0.717, 1.165) is 16.8 Å². The molecule has 2 heterocycles. The van der Waals surface area contributed by atoms with Crippen LogP contribution < -0.4 is 5.32 Å². The first-order chi connectivity index (χ1) is 15.7. The lowest BCUT2D eigenvalue weighted by Gasteiger charge is -2.31. The minimum Gasteiger partial charge on any atom is -0.450 e. The average Bonchev–Trinajstić information content (AvgIpc) is 3.31. The summed E-state index contributed by atoms with van der Waals surface area (Å²) in [5.41, 5.74) is 3.08. The average molecular weight is 436 g/mol. The highest BCUT2D eigenvalue weighted by Gasteiger charge is 2.35. The number of hydrogen-bond donors (Lipinski definition) is 1. The predicted octanol–water partition coefficient (Wildman–Crippen LogP) is 3.70. The molecule has 0 aliphatic carbocycles. The lowest BCUT2D eigenvalue weighted by atomic mass is 9.85. The summed E-state index contributed by atoms with van der Waals surface area (Å²) in [6, 6.07) is 20.3. The molecule has 0 radical (unpaired) electrons. The molecule has 1 N–H and O–H groups in total. The van der Waals surface area contributed by atoms with Gasteiger partial charge in [-0.15, -0.1) is 0 Å². The Morgan fingerprint density at radius 2 is 1.66 bits per heavy atom.